The number of nitrogens with one attached hydrogen (secondary N) is 1. The van der Waals surface area contributed by atoms with Gasteiger partial charge in [-0.1, -0.05) is 6.42 Å². The van der Waals surface area contributed by atoms with E-state index in [0.717, 1.165) is 37.7 Å². The van der Waals surface area contributed by atoms with Crippen molar-refractivity contribution >= 4 is 6.29 Å². The molecule has 15 heavy (non-hydrogen) atoms. The molecule has 1 fully saturated rings. The number of hydrogen-bond acceptors (Lipinski definition) is 2. The Balaban J connectivity index is 2.31. The molecule has 0 bridgehead atoms. The maximum absolute atomic E-state index is 13.1. The van der Waals surface area contributed by atoms with Gasteiger partial charge in [-0.15, -0.1) is 0 Å². The van der Waals surface area contributed by atoms with Gasteiger partial charge in [-0.05, 0) is 43.1 Å². The van der Waals surface area contributed by atoms with Gasteiger partial charge >= 0.3 is 0 Å². The summed E-state index contributed by atoms with van der Waals surface area (Å²) in [6.45, 7) is 0.944. The molecule has 0 radical (unpaired) electrons. The first-order valence-corrected chi connectivity index (χ1v) is 5.29. The van der Waals surface area contributed by atoms with Crippen LogP contribution < -0.4 is 5.32 Å². The summed E-state index contributed by atoms with van der Waals surface area (Å²) in [5.41, 5.74) is 1.39. The lowest BCUT2D eigenvalue weighted by molar-refractivity contribution is 0.112. The number of halogens is 1. The first-order chi connectivity index (χ1) is 7.31. The normalized spacial score (nSPS) is 21.3. The summed E-state index contributed by atoms with van der Waals surface area (Å²) >= 11 is 0. The van der Waals surface area contributed by atoms with Crippen molar-refractivity contribution in [3.63, 3.8) is 0 Å². The van der Waals surface area contributed by atoms with Crippen LogP contribution in [0.2, 0.25) is 0 Å². The third-order valence-corrected chi connectivity index (χ3v) is 2.86. The zero-order chi connectivity index (χ0) is 10.7. The Labute approximate surface area is 88.5 Å². The van der Waals surface area contributed by atoms with Gasteiger partial charge in [0.2, 0.25) is 0 Å². The van der Waals surface area contributed by atoms with E-state index in [-0.39, 0.29) is 11.9 Å². The molecule has 2 nitrogen and oxygen atoms in total. The molecule has 1 aromatic rings. The predicted octanol–water partition coefficient (Wildman–Crippen LogP) is 2.45. The number of piperidine rings is 1. The van der Waals surface area contributed by atoms with Gasteiger partial charge in [0.05, 0.1) is 0 Å². The van der Waals surface area contributed by atoms with E-state index in [0.29, 0.717) is 5.56 Å². The second-order valence-corrected chi connectivity index (χ2v) is 3.89. The average molecular weight is 207 g/mol. The second-order valence-electron chi connectivity index (χ2n) is 3.89. The molecule has 1 aliphatic heterocycles. The molecular weight excluding hydrogens is 193 g/mol. The Morgan fingerprint density at radius 2 is 2.27 bits per heavy atom. The van der Waals surface area contributed by atoms with E-state index in [1.165, 1.54) is 12.1 Å². The molecule has 1 heterocycles. The average Bonchev–Trinajstić information content (AvgIpc) is 2.30. The maximum Gasteiger partial charge on any atom is 0.150 e. The zero-order valence-electron chi connectivity index (χ0n) is 8.50. The van der Waals surface area contributed by atoms with Crippen LogP contribution in [0.5, 0.6) is 0 Å². The summed E-state index contributed by atoms with van der Waals surface area (Å²) in [5, 5.41) is 3.31. The van der Waals surface area contributed by atoms with Crippen molar-refractivity contribution in [1.82, 2.24) is 5.32 Å². The van der Waals surface area contributed by atoms with Crippen LogP contribution in [-0.2, 0) is 0 Å². The van der Waals surface area contributed by atoms with Crippen LogP contribution in [0.15, 0.2) is 18.2 Å². The van der Waals surface area contributed by atoms with Gasteiger partial charge in [0, 0.05) is 11.6 Å². The first kappa shape index (κ1) is 10.3. The number of aldehydes is 1. The highest BCUT2D eigenvalue weighted by molar-refractivity contribution is 5.77. The molecule has 1 N–H and O–H groups in total. The molecule has 0 aromatic heterocycles. The van der Waals surface area contributed by atoms with Gasteiger partial charge < -0.3 is 5.32 Å². The summed E-state index contributed by atoms with van der Waals surface area (Å²) < 4.78 is 13.1. The quantitative estimate of drug-likeness (QED) is 0.755. The molecule has 1 saturated heterocycles. The van der Waals surface area contributed by atoms with Gasteiger partial charge in [0.1, 0.15) is 12.1 Å². The SMILES string of the molecule is O=Cc1ccc(F)cc1C1CCCCN1. The van der Waals surface area contributed by atoms with Crippen LogP contribution in [0.25, 0.3) is 0 Å². The van der Waals surface area contributed by atoms with E-state index in [2.05, 4.69) is 5.32 Å². The molecule has 0 saturated carbocycles. The first-order valence-electron chi connectivity index (χ1n) is 5.29. The van der Waals surface area contributed by atoms with E-state index in [4.69, 9.17) is 0 Å². The Morgan fingerprint density at radius 1 is 1.40 bits per heavy atom. The minimum absolute atomic E-state index is 0.134. The number of rotatable bonds is 2. The molecule has 80 valence electrons. The minimum atomic E-state index is -0.275. The Hall–Kier alpha value is -1.22. The van der Waals surface area contributed by atoms with Gasteiger partial charge in [-0.2, -0.15) is 0 Å². The number of hydrogen-bond donors (Lipinski definition) is 1. The third-order valence-electron chi connectivity index (χ3n) is 2.86. The third kappa shape index (κ3) is 2.23. The highest BCUT2D eigenvalue weighted by Gasteiger charge is 2.17. The minimum Gasteiger partial charge on any atom is -0.310 e. The van der Waals surface area contributed by atoms with Crippen LogP contribution in [0, 0.1) is 5.82 Å². The molecule has 0 amide bonds. The molecule has 2 rings (SSSR count). The standard InChI is InChI=1S/C12H14FNO/c13-10-5-4-9(8-15)11(7-10)12-3-1-2-6-14-12/h4-5,7-8,12,14H,1-3,6H2. The van der Waals surface area contributed by atoms with E-state index in [1.54, 1.807) is 6.07 Å². The molecule has 1 aliphatic rings. The summed E-state index contributed by atoms with van der Waals surface area (Å²) in [4.78, 5) is 10.8. The summed E-state index contributed by atoms with van der Waals surface area (Å²) in [6, 6.07) is 4.48. The van der Waals surface area contributed by atoms with Crippen LogP contribution >= 0.6 is 0 Å². The molecular formula is C12H14FNO. The van der Waals surface area contributed by atoms with E-state index in [1.807, 2.05) is 0 Å². The molecule has 1 atom stereocenters. The van der Waals surface area contributed by atoms with E-state index >= 15 is 0 Å². The van der Waals surface area contributed by atoms with E-state index in [9.17, 15) is 9.18 Å². The topological polar surface area (TPSA) is 29.1 Å². The summed E-state index contributed by atoms with van der Waals surface area (Å²) in [7, 11) is 0. The molecule has 0 aliphatic carbocycles. The van der Waals surface area contributed by atoms with Crippen molar-refractivity contribution in [2.45, 2.75) is 25.3 Å². The van der Waals surface area contributed by atoms with Crippen LogP contribution in [0.4, 0.5) is 4.39 Å². The fourth-order valence-corrected chi connectivity index (χ4v) is 2.07. The van der Waals surface area contributed by atoms with E-state index < -0.39 is 0 Å². The molecule has 1 unspecified atom stereocenters. The van der Waals surface area contributed by atoms with Gasteiger partial charge in [0.25, 0.3) is 0 Å². The smallest absolute Gasteiger partial charge is 0.150 e. The van der Waals surface area contributed by atoms with Gasteiger partial charge in [-0.3, -0.25) is 4.79 Å². The van der Waals surface area contributed by atoms with Gasteiger partial charge in [-0.25, -0.2) is 4.39 Å². The Kier molecular flexibility index (Phi) is 3.11. The van der Waals surface area contributed by atoms with Gasteiger partial charge in [0.15, 0.2) is 0 Å². The monoisotopic (exact) mass is 207 g/mol. The Morgan fingerprint density at radius 3 is 2.93 bits per heavy atom. The summed E-state index contributed by atoms with van der Waals surface area (Å²) in [5.74, 6) is -0.275. The fraction of sp³-hybridized carbons (Fsp3) is 0.417. The van der Waals surface area contributed by atoms with Crippen molar-refractivity contribution in [3.8, 4) is 0 Å². The van der Waals surface area contributed by atoms with Crippen molar-refractivity contribution < 1.29 is 9.18 Å². The molecule has 0 spiro atoms. The predicted molar refractivity (Wildman–Crippen MR) is 56.4 cm³/mol. The van der Waals surface area contributed by atoms with Crippen LogP contribution in [0.3, 0.4) is 0 Å². The molecule has 3 heteroatoms. The van der Waals surface area contributed by atoms with Crippen molar-refractivity contribution in [1.29, 1.82) is 0 Å². The lowest BCUT2D eigenvalue weighted by Crippen LogP contribution is -2.27. The summed E-state index contributed by atoms with van der Waals surface area (Å²) in [6.07, 6.45) is 4.06. The maximum atomic E-state index is 13.1. The zero-order valence-corrected chi connectivity index (χ0v) is 8.50. The van der Waals surface area contributed by atoms with Crippen molar-refractivity contribution in [2.24, 2.45) is 0 Å². The highest BCUT2D eigenvalue weighted by atomic mass is 19.1. The number of carbonyl (C=O) groups is 1. The largest absolute Gasteiger partial charge is 0.310 e. The van der Waals surface area contributed by atoms with Crippen LogP contribution in [-0.4, -0.2) is 12.8 Å². The lowest BCUT2D eigenvalue weighted by atomic mass is 9.94. The highest BCUT2D eigenvalue weighted by Crippen LogP contribution is 2.25. The van der Waals surface area contributed by atoms with Crippen molar-refractivity contribution in [2.75, 3.05) is 6.54 Å². The fourth-order valence-electron chi connectivity index (χ4n) is 2.07. The number of benzene rings is 1. The Bertz CT molecular complexity index is 359. The number of carbonyl (C=O) groups excluding carboxylic acids is 1. The second kappa shape index (κ2) is 4.53. The van der Waals surface area contributed by atoms with Crippen molar-refractivity contribution in [3.05, 3.63) is 35.1 Å². The molecule has 1 aromatic carbocycles. The van der Waals surface area contributed by atoms with Crippen LogP contribution in [0.1, 0.15) is 41.2 Å². The lowest BCUT2D eigenvalue weighted by Gasteiger charge is -2.24.